The maximum absolute atomic E-state index is 9.06. The fraction of sp³-hybridized carbons (Fsp3) is 0.643. The van der Waals surface area contributed by atoms with Crippen LogP contribution in [0.1, 0.15) is 18.4 Å². The molecule has 0 atom stereocenters. The first kappa shape index (κ1) is 14.6. The van der Waals surface area contributed by atoms with E-state index in [-0.39, 0.29) is 6.61 Å². The highest BCUT2D eigenvalue weighted by molar-refractivity contribution is 6.33. The molecular weight excluding hydrogens is 262 g/mol. The Bertz CT molecular complexity index is 419. The van der Waals surface area contributed by atoms with Crippen LogP contribution in [0.3, 0.4) is 0 Å². The highest BCUT2D eigenvalue weighted by Gasteiger charge is 2.19. The van der Waals surface area contributed by atoms with Gasteiger partial charge < -0.3 is 14.9 Å². The van der Waals surface area contributed by atoms with Gasteiger partial charge in [0.05, 0.1) is 11.6 Å². The van der Waals surface area contributed by atoms with E-state index in [1.807, 2.05) is 7.05 Å². The monoisotopic (exact) mass is 283 g/mol. The molecular formula is C14H22ClN3O. The fourth-order valence-electron chi connectivity index (χ4n) is 2.56. The Balaban J connectivity index is 1.97. The summed E-state index contributed by atoms with van der Waals surface area (Å²) in [4.78, 5) is 8.85. The molecule has 1 aliphatic heterocycles. The molecule has 1 saturated heterocycles. The molecule has 1 aromatic heterocycles. The molecule has 1 N–H and O–H groups in total. The second kappa shape index (κ2) is 6.55. The molecule has 1 fully saturated rings. The van der Waals surface area contributed by atoms with E-state index in [1.165, 1.54) is 25.9 Å². The molecule has 0 radical (unpaired) electrons. The maximum Gasteiger partial charge on any atom is 0.147 e. The second-order valence-corrected chi connectivity index (χ2v) is 5.84. The molecule has 0 aromatic carbocycles. The van der Waals surface area contributed by atoms with Crippen molar-refractivity contribution in [1.82, 2.24) is 9.88 Å². The second-order valence-electron chi connectivity index (χ2n) is 5.43. The molecule has 5 heteroatoms. The molecule has 1 aliphatic rings. The SMILES string of the molecule is CN1CCC(CN(C)c2ncc(CO)cc2Cl)CC1. The average Bonchev–Trinajstić information content (AvgIpc) is 2.41. The van der Waals surface area contributed by atoms with E-state index >= 15 is 0 Å². The van der Waals surface area contributed by atoms with Crippen LogP contribution in [0.4, 0.5) is 5.82 Å². The molecule has 0 aliphatic carbocycles. The third-order valence-electron chi connectivity index (χ3n) is 3.79. The summed E-state index contributed by atoms with van der Waals surface area (Å²) in [5.41, 5.74) is 0.751. The van der Waals surface area contributed by atoms with Gasteiger partial charge in [-0.15, -0.1) is 0 Å². The predicted octanol–water partition coefficient (Wildman–Crippen LogP) is 2.01. The van der Waals surface area contributed by atoms with Crippen LogP contribution in [-0.2, 0) is 6.61 Å². The zero-order chi connectivity index (χ0) is 13.8. The van der Waals surface area contributed by atoms with Gasteiger partial charge in [0.15, 0.2) is 0 Å². The largest absolute Gasteiger partial charge is 0.392 e. The fourth-order valence-corrected chi connectivity index (χ4v) is 2.89. The summed E-state index contributed by atoms with van der Waals surface area (Å²) in [6.45, 7) is 3.30. The summed E-state index contributed by atoms with van der Waals surface area (Å²) in [5.74, 6) is 1.51. The number of hydrogen-bond acceptors (Lipinski definition) is 4. The minimum Gasteiger partial charge on any atom is -0.392 e. The van der Waals surface area contributed by atoms with Gasteiger partial charge >= 0.3 is 0 Å². The van der Waals surface area contributed by atoms with Gasteiger partial charge in [0.1, 0.15) is 5.82 Å². The van der Waals surface area contributed by atoms with E-state index < -0.39 is 0 Å². The minimum absolute atomic E-state index is 0.0221. The number of aliphatic hydroxyl groups is 1. The first-order valence-electron chi connectivity index (χ1n) is 6.75. The smallest absolute Gasteiger partial charge is 0.147 e. The molecule has 1 aromatic rings. The van der Waals surface area contributed by atoms with Crippen molar-refractivity contribution >= 4 is 17.4 Å². The molecule has 4 nitrogen and oxygen atoms in total. The third kappa shape index (κ3) is 3.81. The summed E-state index contributed by atoms with van der Waals surface area (Å²) in [5, 5.41) is 9.67. The Labute approximate surface area is 120 Å². The van der Waals surface area contributed by atoms with Crippen molar-refractivity contribution in [3.8, 4) is 0 Å². The lowest BCUT2D eigenvalue weighted by atomic mass is 9.97. The van der Waals surface area contributed by atoms with Crippen molar-refractivity contribution < 1.29 is 5.11 Å². The molecule has 0 bridgehead atoms. The molecule has 0 amide bonds. The first-order chi connectivity index (χ1) is 9.10. The van der Waals surface area contributed by atoms with Gasteiger partial charge in [-0.2, -0.15) is 0 Å². The van der Waals surface area contributed by atoms with Crippen LogP contribution in [0.2, 0.25) is 5.02 Å². The number of rotatable bonds is 4. The van der Waals surface area contributed by atoms with Gasteiger partial charge in [0.2, 0.25) is 0 Å². The topological polar surface area (TPSA) is 39.6 Å². The van der Waals surface area contributed by atoms with Crippen LogP contribution in [0.5, 0.6) is 0 Å². The van der Waals surface area contributed by atoms with Crippen LogP contribution in [0, 0.1) is 5.92 Å². The summed E-state index contributed by atoms with van der Waals surface area (Å²) >= 11 is 6.22. The molecule has 2 heterocycles. The van der Waals surface area contributed by atoms with Crippen LogP contribution < -0.4 is 4.90 Å². The quantitative estimate of drug-likeness (QED) is 0.918. The van der Waals surface area contributed by atoms with Crippen molar-refractivity contribution in [2.75, 3.05) is 38.6 Å². The number of aromatic nitrogens is 1. The van der Waals surface area contributed by atoms with Crippen LogP contribution >= 0.6 is 11.6 Å². The summed E-state index contributed by atoms with van der Waals surface area (Å²) in [6.07, 6.45) is 4.15. The number of aliphatic hydroxyl groups excluding tert-OH is 1. The standard InChI is InChI=1S/C14H22ClN3O/c1-17-5-3-11(4-6-17)9-18(2)14-13(15)7-12(10-19)8-16-14/h7-8,11,19H,3-6,9-10H2,1-2H3. The maximum atomic E-state index is 9.06. The van der Waals surface area contributed by atoms with Crippen molar-refractivity contribution in [3.63, 3.8) is 0 Å². The lowest BCUT2D eigenvalue weighted by molar-refractivity contribution is 0.222. The van der Waals surface area contributed by atoms with Gasteiger partial charge in [-0.1, -0.05) is 11.6 Å². The molecule has 0 spiro atoms. The van der Waals surface area contributed by atoms with Gasteiger partial charge in [-0.3, -0.25) is 0 Å². The molecule has 19 heavy (non-hydrogen) atoms. The Kier molecular flexibility index (Phi) is 5.02. The minimum atomic E-state index is -0.0221. The highest BCUT2D eigenvalue weighted by atomic mass is 35.5. The number of piperidine rings is 1. The van der Waals surface area contributed by atoms with Gasteiger partial charge in [-0.25, -0.2) is 4.98 Å². The van der Waals surface area contributed by atoms with Crippen LogP contribution in [0.25, 0.3) is 0 Å². The van der Waals surface area contributed by atoms with Gasteiger partial charge in [-0.05, 0) is 50.5 Å². The molecule has 0 unspecified atom stereocenters. The van der Waals surface area contributed by atoms with Gasteiger partial charge in [0.25, 0.3) is 0 Å². The number of anilines is 1. The Morgan fingerprint density at radius 1 is 1.47 bits per heavy atom. The van der Waals surface area contributed by atoms with Crippen LogP contribution in [-0.4, -0.2) is 48.7 Å². The van der Waals surface area contributed by atoms with Gasteiger partial charge in [0, 0.05) is 19.8 Å². The molecule has 0 saturated carbocycles. The van der Waals surface area contributed by atoms with Crippen molar-refractivity contribution in [2.24, 2.45) is 5.92 Å². The van der Waals surface area contributed by atoms with Crippen molar-refractivity contribution in [3.05, 3.63) is 22.8 Å². The van der Waals surface area contributed by atoms with E-state index in [2.05, 4.69) is 21.8 Å². The van der Waals surface area contributed by atoms with E-state index in [0.29, 0.717) is 10.9 Å². The van der Waals surface area contributed by atoms with E-state index in [9.17, 15) is 0 Å². The number of halogens is 1. The average molecular weight is 284 g/mol. The van der Waals surface area contributed by atoms with E-state index in [0.717, 1.165) is 17.9 Å². The lowest BCUT2D eigenvalue weighted by Crippen LogP contribution is -2.36. The Morgan fingerprint density at radius 2 is 2.16 bits per heavy atom. The number of likely N-dealkylation sites (tertiary alicyclic amines) is 1. The van der Waals surface area contributed by atoms with Crippen molar-refractivity contribution in [2.45, 2.75) is 19.4 Å². The predicted molar refractivity (Wildman–Crippen MR) is 78.7 cm³/mol. The first-order valence-corrected chi connectivity index (χ1v) is 7.13. The number of hydrogen-bond donors (Lipinski definition) is 1. The third-order valence-corrected chi connectivity index (χ3v) is 4.07. The normalized spacial score (nSPS) is 17.7. The summed E-state index contributed by atoms with van der Waals surface area (Å²) in [7, 11) is 4.21. The zero-order valence-electron chi connectivity index (χ0n) is 11.6. The van der Waals surface area contributed by atoms with Crippen LogP contribution in [0.15, 0.2) is 12.3 Å². The van der Waals surface area contributed by atoms with E-state index in [4.69, 9.17) is 16.7 Å². The summed E-state index contributed by atoms with van der Waals surface area (Å²) < 4.78 is 0. The van der Waals surface area contributed by atoms with Crippen molar-refractivity contribution in [1.29, 1.82) is 0 Å². The Hall–Kier alpha value is -0.840. The molecule has 2 rings (SSSR count). The lowest BCUT2D eigenvalue weighted by Gasteiger charge is -2.32. The molecule has 106 valence electrons. The highest BCUT2D eigenvalue weighted by Crippen LogP contribution is 2.25. The summed E-state index contributed by atoms with van der Waals surface area (Å²) in [6, 6.07) is 1.79. The zero-order valence-corrected chi connectivity index (χ0v) is 12.4. The Morgan fingerprint density at radius 3 is 2.74 bits per heavy atom. The van der Waals surface area contributed by atoms with E-state index in [1.54, 1.807) is 12.3 Å². The number of pyridine rings is 1. The number of nitrogens with zero attached hydrogens (tertiary/aromatic N) is 3.